The molecule has 120 valence electrons. The Kier molecular flexibility index (Phi) is 4.76. The average molecular weight is 308 g/mol. The van der Waals surface area contributed by atoms with Crippen LogP contribution in [0.5, 0.6) is 0 Å². The molecule has 1 unspecified atom stereocenters. The predicted molar refractivity (Wildman–Crippen MR) is 72.5 cm³/mol. The molecule has 1 aromatic carbocycles. The van der Waals surface area contributed by atoms with Crippen molar-refractivity contribution in [2.75, 3.05) is 0 Å². The Bertz CT molecular complexity index is 506. The molecule has 0 radical (unpaired) electrons. The Morgan fingerprint density at radius 2 is 1.00 bits per heavy atom. The first-order chi connectivity index (χ1) is 9.27. The molecule has 0 bridgehead atoms. The van der Waals surface area contributed by atoms with Crippen LogP contribution in [-0.2, 0) is 0 Å². The van der Waals surface area contributed by atoms with Gasteiger partial charge in [-0.05, 0) is 23.2 Å². The molecule has 5 heteroatoms. The summed E-state index contributed by atoms with van der Waals surface area (Å²) in [5.74, 6) is -10.1. The highest BCUT2D eigenvalue weighted by Crippen LogP contribution is 2.45. The second-order valence-electron chi connectivity index (χ2n) is 7.67. The van der Waals surface area contributed by atoms with Gasteiger partial charge in [0.1, 0.15) is 0 Å². The highest BCUT2D eigenvalue weighted by Gasteiger charge is 2.38. The van der Waals surface area contributed by atoms with E-state index in [0.29, 0.717) is 6.42 Å². The van der Waals surface area contributed by atoms with Crippen LogP contribution < -0.4 is 0 Å². The third-order valence-electron chi connectivity index (χ3n) is 3.45. The van der Waals surface area contributed by atoms with Crippen molar-refractivity contribution in [1.29, 1.82) is 0 Å². The fraction of sp³-hybridized carbons (Fsp3) is 0.625. The highest BCUT2D eigenvalue weighted by atomic mass is 19.2. The Morgan fingerprint density at radius 3 is 1.29 bits per heavy atom. The lowest BCUT2D eigenvalue weighted by atomic mass is 9.69. The van der Waals surface area contributed by atoms with Crippen LogP contribution in [0.2, 0.25) is 0 Å². The van der Waals surface area contributed by atoms with Gasteiger partial charge in [-0.15, -0.1) is 0 Å². The first-order valence-corrected chi connectivity index (χ1v) is 6.78. The van der Waals surface area contributed by atoms with Crippen molar-refractivity contribution in [2.24, 2.45) is 10.8 Å². The second kappa shape index (κ2) is 5.58. The lowest BCUT2D eigenvalue weighted by Crippen LogP contribution is -2.27. The summed E-state index contributed by atoms with van der Waals surface area (Å²) < 4.78 is 68.1. The molecule has 0 saturated carbocycles. The molecule has 1 aromatic rings. The van der Waals surface area contributed by atoms with Crippen LogP contribution >= 0.6 is 0 Å². The number of hydrogen-bond acceptors (Lipinski definition) is 0. The second-order valence-corrected chi connectivity index (χ2v) is 7.67. The first kappa shape index (κ1) is 17.9. The van der Waals surface area contributed by atoms with Gasteiger partial charge in [0.25, 0.3) is 0 Å². The quantitative estimate of drug-likeness (QED) is 0.360. The van der Waals surface area contributed by atoms with Gasteiger partial charge in [-0.2, -0.15) is 0 Å². The summed E-state index contributed by atoms with van der Waals surface area (Å²) in [6.45, 7) is 10.7. The Hall–Kier alpha value is -1.13. The SMILES string of the molecule is CC(C)(C)CC(c1c(F)c(F)c(F)c(F)c1F)C(C)(C)C. The van der Waals surface area contributed by atoms with E-state index in [1.54, 1.807) is 20.8 Å². The molecule has 0 aromatic heterocycles. The molecule has 1 atom stereocenters. The average Bonchev–Trinajstić information content (AvgIpc) is 2.30. The number of benzene rings is 1. The Morgan fingerprint density at radius 1 is 0.667 bits per heavy atom. The van der Waals surface area contributed by atoms with E-state index in [1.807, 2.05) is 20.8 Å². The molecule has 0 aliphatic heterocycles. The van der Waals surface area contributed by atoms with E-state index in [2.05, 4.69) is 0 Å². The fourth-order valence-electron chi connectivity index (χ4n) is 2.38. The summed E-state index contributed by atoms with van der Waals surface area (Å²) in [6.07, 6.45) is 0.300. The highest BCUT2D eigenvalue weighted by molar-refractivity contribution is 5.29. The van der Waals surface area contributed by atoms with E-state index in [4.69, 9.17) is 0 Å². The van der Waals surface area contributed by atoms with Gasteiger partial charge in [0.15, 0.2) is 23.3 Å². The van der Waals surface area contributed by atoms with Crippen molar-refractivity contribution < 1.29 is 22.0 Å². The molecular formula is C16H21F5. The van der Waals surface area contributed by atoms with Crippen LogP contribution in [0.4, 0.5) is 22.0 Å². The maximum atomic E-state index is 14.0. The topological polar surface area (TPSA) is 0 Å². The molecule has 0 N–H and O–H groups in total. The fourth-order valence-corrected chi connectivity index (χ4v) is 2.38. The van der Waals surface area contributed by atoms with Crippen LogP contribution in [0.25, 0.3) is 0 Å². The van der Waals surface area contributed by atoms with Crippen LogP contribution in [-0.4, -0.2) is 0 Å². The molecule has 0 aliphatic rings. The van der Waals surface area contributed by atoms with Gasteiger partial charge in [0.2, 0.25) is 5.82 Å². The van der Waals surface area contributed by atoms with Crippen molar-refractivity contribution in [3.05, 3.63) is 34.6 Å². The zero-order chi connectivity index (χ0) is 16.7. The zero-order valence-corrected chi connectivity index (χ0v) is 13.2. The standard InChI is InChI=1S/C16H21F5/c1-15(2,3)7-8(16(4,5)6)9-10(17)12(19)14(21)13(20)11(9)18/h8H,7H2,1-6H3. The molecule has 0 spiro atoms. The summed E-state index contributed by atoms with van der Waals surface area (Å²) in [7, 11) is 0. The lowest BCUT2D eigenvalue weighted by Gasteiger charge is -2.36. The minimum Gasteiger partial charge on any atom is -0.203 e. The molecule has 1 rings (SSSR count). The minimum atomic E-state index is -2.11. The Balaban J connectivity index is 3.60. The van der Waals surface area contributed by atoms with Crippen molar-refractivity contribution in [1.82, 2.24) is 0 Å². The number of rotatable bonds is 2. The number of hydrogen-bond donors (Lipinski definition) is 0. The molecule has 0 amide bonds. The van der Waals surface area contributed by atoms with Crippen LogP contribution in [0.1, 0.15) is 59.4 Å². The third kappa shape index (κ3) is 3.74. The van der Waals surface area contributed by atoms with Crippen LogP contribution in [0.3, 0.4) is 0 Å². The molecule has 0 aliphatic carbocycles. The maximum absolute atomic E-state index is 14.0. The third-order valence-corrected chi connectivity index (χ3v) is 3.45. The first-order valence-electron chi connectivity index (χ1n) is 6.78. The van der Waals surface area contributed by atoms with Crippen molar-refractivity contribution in [2.45, 2.75) is 53.9 Å². The van der Waals surface area contributed by atoms with Gasteiger partial charge in [-0.3, -0.25) is 0 Å². The van der Waals surface area contributed by atoms with E-state index in [0.717, 1.165) is 0 Å². The van der Waals surface area contributed by atoms with Gasteiger partial charge in [0.05, 0.1) is 0 Å². The summed E-state index contributed by atoms with van der Waals surface area (Å²) in [5, 5.41) is 0. The van der Waals surface area contributed by atoms with Crippen molar-refractivity contribution >= 4 is 0 Å². The number of halogens is 5. The van der Waals surface area contributed by atoms with Gasteiger partial charge < -0.3 is 0 Å². The molecule has 0 heterocycles. The van der Waals surface area contributed by atoms with Gasteiger partial charge in [-0.25, -0.2) is 22.0 Å². The van der Waals surface area contributed by atoms with E-state index in [1.165, 1.54) is 0 Å². The largest absolute Gasteiger partial charge is 0.203 e. The monoisotopic (exact) mass is 308 g/mol. The maximum Gasteiger partial charge on any atom is 0.200 e. The molecule has 0 nitrogen and oxygen atoms in total. The van der Waals surface area contributed by atoms with Crippen molar-refractivity contribution in [3.8, 4) is 0 Å². The predicted octanol–water partition coefficient (Wildman–Crippen LogP) is 5.95. The molecule has 0 fully saturated rings. The van der Waals surface area contributed by atoms with Crippen molar-refractivity contribution in [3.63, 3.8) is 0 Å². The summed E-state index contributed by atoms with van der Waals surface area (Å²) in [4.78, 5) is 0. The molecule has 21 heavy (non-hydrogen) atoms. The van der Waals surface area contributed by atoms with E-state index in [-0.39, 0.29) is 5.41 Å². The van der Waals surface area contributed by atoms with Crippen LogP contribution in [0.15, 0.2) is 0 Å². The van der Waals surface area contributed by atoms with Gasteiger partial charge in [-0.1, -0.05) is 41.5 Å². The lowest BCUT2D eigenvalue weighted by molar-refractivity contribution is 0.215. The molecule has 0 saturated heterocycles. The van der Waals surface area contributed by atoms with E-state index < -0.39 is 46.0 Å². The van der Waals surface area contributed by atoms with Gasteiger partial charge >= 0.3 is 0 Å². The molecular weight excluding hydrogens is 287 g/mol. The summed E-state index contributed by atoms with van der Waals surface area (Å²) >= 11 is 0. The normalized spacial score (nSPS) is 14.4. The summed E-state index contributed by atoms with van der Waals surface area (Å²) in [6, 6.07) is 0. The minimum absolute atomic E-state index is 0.300. The van der Waals surface area contributed by atoms with E-state index >= 15 is 0 Å². The summed E-state index contributed by atoms with van der Waals surface area (Å²) in [5.41, 5.74) is -1.68. The Labute approximate surface area is 122 Å². The smallest absolute Gasteiger partial charge is 0.200 e. The van der Waals surface area contributed by atoms with Crippen LogP contribution in [0, 0.1) is 39.9 Å². The zero-order valence-electron chi connectivity index (χ0n) is 13.2. The van der Waals surface area contributed by atoms with Gasteiger partial charge in [0, 0.05) is 5.56 Å². The van der Waals surface area contributed by atoms with E-state index in [9.17, 15) is 22.0 Å².